The van der Waals surface area contributed by atoms with Crippen LogP contribution in [0.3, 0.4) is 0 Å². The lowest BCUT2D eigenvalue weighted by molar-refractivity contribution is 0.0727. The molecule has 27 heavy (non-hydrogen) atoms. The number of fused-ring (bicyclic) bond motifs is 1. The smallest absolute Gasteiger partial charge is 0.254 e. The van der Waals surface area contributed by atoms with Crippen LogP contribution in [0.5, 0.6) is 0 Å². The van der Waals surface area contributed by atoms with Crippen LogP contribution in [0.25, 0.3) is 0 Å². The maximum atomic E-state index is 12.9. The number of rotatable bonds is 5. The Bertz CT molecular complexity index is 778. The molecule has 4 rings (SSSR count). The number of nitrogens with zero attached hydrogens (tertiary/aromatic N) is 3. The third kappa shape index (κ3) is 4.22. The van der Waals surface area contributed by atoms with Crippen LogP contribution in [0.1, 0.15) is 52.5 Å². The lowest BCUT2D eigenvalue weighted by Gasteiger charge is -2.27. The number of oxazole rings is 1. The minimum atomic E-state index is 0.0569. The van der Waals surface area contributed by atoms with E-state index in [1.165, 1.54) is 37.9 Å². The monoisotopic (exact) mass is 369 g/mol. The van der Waals surface area contributed by atoms with Crippen molar-refractivity contribution in [3.63, 3.8) is 0 Å². The summed E-state index contributed by atoms with van der Waals surface area (Å²) in [6, 6.07) is 8.08. The van der Waals surface area contributed by atoms with Gasteiger partial charge in [-0.3, -0.25) is 9.69 Å². The van der Waals surface area contributed by atoms with Crippen molar-refractivity contribution < 1.29 is 13.9 Å². The molecule has 0 aliphatic carbocycles. The summed E-state index contributed by atoms with van der Waals surface area (Å²) in [7, 11) is 1.62. The Balaban J connectivity index is 1.38. The van der Waals surface area contributed by atoms with Crippen LogP contribution in [-0.2, 0) is 30.9 Å². The zero-order valence-corrected chi connectivity index (χ0v) is 15.9. The second-order valence-corrected chi connectivity index (χ2v) is 7.42. The van der Waals surface area contributed by atoms with Crippen molar-refractivity contribution in [3.8, 4) is 0 Å². The average molecular weight is 369 g/mol. The van der Waals surface area contributed by atoms with Gasteiger partial charge in [0.1, 0.15) is 18.1 Å². The number of benzene rings is 1. The molecule has 0 spiro atoms. The summed E-state index contributed by atoms with van der Waals surface area (Å²) in [6.07, 6.45) is 4.63. The Morgan fingerprint density at radius 2 is 1.93 bits per heavy atom. The number of carbonyl (C=O) groups is 1. The molecule has 3 heterocycles. The van der Waals surface area contributed by atoms with Crippen molar-refractivity contribution in [1.82, 2.24) is 14.8 Å². The molecular formula is C21H27N3O3. The first-order valence-corrected chi connectivity index (χ1v) is 9.80. The van der Waals surface area contributed by atoms with Crippen molar-refractivity contribution in [3.05, 3.63) is 52.7 Å². The maximum Gasteiger partial charge on any atom is 0.254 e. The minimum Gasteiger partial charge on any atom is -0.443 e. The first kappa shape index (κ1) is 18.2. The molecule has 0 N–H and O–H groups in total. The molecule has 2 aliphatic heterocycles. The quantitative estimate of drug-likeness (QED) is 0.811. The summed E-state index contributed by atoms with van der Waals surface area (Å²) >= 11 is 0. The largest absolute Gasteiger partial charge is 0.443 e. The molecule has 6 nitrogen and oxygen atoms in total. The lowest BCUT2D eigenvalue weighted by atomic mass is 10.1. The summed E-state index contributed by atoms with van der Waals surface area (Å²) in [5, 5.41) is 0. The van der Waals surface area contributed by atoms with Gasteiger partial charge in [-0.2, -0.15) is 0 Å². The molecular weight excluding hydrogens is 342 g/mol. The van der Waals surface area contributed by atoms with E-state index >= 15 is 0 Å². The van der Waals surface area contributed by atoms with Crippen molar-refractivity contribution in [2.45, 2.75) is 45.4 Å². The zero-order chi connectivity index (χ0) is 18.6. The molecule has 6 heteroatoms. The van der Waals surface area contributed by atoms with E-state index < -0.39 is 0 Å². The Labute approximate surface area is 160 Å². The van der Waals surface area contributed by atoms with Crippen molar-refractivity contribution >= 4 is 5.91 Å². The number of amides is 1. The maximum absolute atomic E-state index is 12.9. The van der Waals surface area contributed by atoms with Gasteiger partial charge in [-0.15, -0.1) is 0 Å². The highest BCUT2D eigenvalue weighted by atomic mass is 16.5. The topological polar surface area (TPSA) is 58.8 Å². The van der Waals surface area contributed by atoms with E-state index in [4.69, 9.17) is 9.15 Å². The van der Waals surface area contributed by atoms with E-state index in [-0.39, 0.29) is 5.91 Å². The van der Waals surface area contributed by atoms with E-state index in [1.807, 2.05) is 17.0 Å². The molecule has 0 atom stereocenters. The summed E-state index contributed by atoms with van der Waals surface area (Å²) in [5.74, 6) is 1.52. The van der Waals surface area contributed by atoms with E-state index in [1.54, 1.807) is 7.11 Å². The van der Waals surface area contributed by atoms with Crippen LogP contribution in [0, 0.1) is 0 Å². The molecule has 2 aliphatic rings. The second-order valence-electron chi connectivity index (χ2n) is 7.42. The van der Waals surface area contributed by atoms with E-state index in [9.17, 15) is 4.79 Å². The summed E-state index contributed by atoms with van der Waals surface area (Å²) in [5.41, 5.74) is 2.86. The van der Waals surface area contributed by atoms with E-state index in [2.05, 4.69) is 22.0 Å². The lowest BCUT2D eigenvalue weighted by Crippen LogP contribution is -2.35. The second kappa shape index (κ2) is 8.23. The Morgan fingerprint density at radius 3 is 2.67 bits per heavy atom. The first-order valence-electron chi connectivity index (χ1n) is 9.80. The standard InChI is InChI=1S/C21H27N3O3/c1-26-15-20-22-18-14-24(12-9-19(18)27-20)21(25)17-7-5-16(6-8-17)13-23-10-3-2-4-11-23/h5-8H,2-4,9-15H2,1H3. The Morgan fingerprint density at radius 1 is 1.15 bits per heavy atom. The molecule has 1 aromatic heterocycles. The van der Waals surface area contributed by atoms with Crippen LogP contribution < -0.4 is 0 Å². The van der Waals surface area contributed by atoms with E-state index in [0.29, 0.717) is 32.0 Å². The third-order valence-electron chi connectivity index (χ3n) is 5.38. The molecule has 2 aromatic rings. The number of hydrogen-bond acceptors (Lipinski definition) is 5. The van der Waals surface area contributed by atoms with Crippen molar-refractivity contribution in [1.29, 1.82) is 0 Å². The average Bonchev–Trinajstić information content (AvgIpc) is 3.11. The number of methoxy groups -OCH3 is 1. The Kier molecular flexibility index (Phi) is 5.55. The van der Waals surface area contributed by atoms with Gasteiger partial charge >= 0.3 is 0 Å². The summed E-state index contributed by atoms with van der Waals surface area (Å²) in [4.78, 5) is 21.7. The van der Waals surface area contributed by atoms with Crippen molar-refractivity contribution in [2.24, 2.45) is 0 Å². The highest BCUT2D eigenvalue weighted by Gasteiger charge is 2.26. The van der Waals surface area contributed by atoms with Gasteiger partial charge in [0.15, 0.2) is 0 Å². The van der Waals surface area contributed by atoms with Gasteiger partial charge in [-0.1, -0.05) is 18.6 Å². The van der Waals surface area contributed by atoms with Crippen LogP contribution in [-0.4, -0.2) is 47.4 Å². The summed E-state index contributed by atoms with van der Waals surface area (Å²) in [6.45, 7) is 4.85. The number of ether oxygens (including phenoxy) is 1. The molecule has 0 saturated carbocycles. The van der Waals surface area contributed by atoms with Crippen LogP contribution in [0.4, 0.5) is 0 Å². The van der Waals surface area contributed by atoms with Gasteiger partial charge in [0, 0.05) is 32.2 Å². The van der Waals surface area contributed by atoms with Gasteiger partial charge in [0.2, 0.25) is 5.89 Å². The number of piperidine rings is 1. The number of hydrogen-bond donors (Lipinski definition) is 0. The fourth-order valence-corrected chi connectivity index (χ4v) is 3.92. The highest BCUT2D eigenvalue weighted by molar-refractivity contribution is 5.94. The fraction of sp³-hybridized carbons (Fsp3) is 0.524. The molecule has 0 unspecified atom stereocenters. The first-order chi connectivity index (χ1) is 13.2. The van der Waals surface area contributed by atoms with Gasteiger partial charge in [-0.05, 0) is 43.6 Å². The van der Waals surface area contributed by atoms with Crippen LogP contribution in [0.15, 0.2) is 28.7 Å². The SMILES string of the molecule is COCc1nc2c(o1)CCN(C(=O)c1ccc(CN3CCCCC3)cc1)C2. The van der Waals surface area contributed by atoms with Crippen molar-refractivity contribution in [2.75, 3.05) is 26.7 Å². The molecule has 1 fully saturated rings. The van der Waals surface area contributed by atoms with E-state index in [0.717, 1.165) is 23.6 Å². The number of carbonyl (C=O) groups excluding carboxylic acids is 1. The predicted octanol–water partition coefficient (Wildman–Crippen LogP) is 3.01. The predicted molar refractivity (Wildman–Crippen MR) is 101 cm³/mol. The Hall–Kier alpha value is -2.18. The van der Waals surface area contributed by atoms with Gasteiger partial charge in [-0.25, -0.2) is 4.98 Å². The molecule has 0 bridgehead atoms. The number of aromatic nitrogens is 1. The van der Waals surface area contributed by atoms with Gasteiger partial charge in [0.25, 0.3) is 5.91 Å². The molecule has 1 saturated heterocycles. The third-order valence-corrected chi connectivity index (χ3v) is 5.38. The molecule has 0 radical (unpaired) electrons. The minimum absolute atomic E-state index is 0.0569. The van der Waals surface area contributed by atoms with Gasteiger partial charge < -0.3 is 14.1 Å². The highest BCUT2D eigenvalue weighted by Crippen LogP contribution is 2.22. The molecule has 144 valence electrons. The summed E-state index contributed by atoms with van der Waals surface area (Å²) < 4.78 is 10.8. The number of likely N-dealkylation sites (tertiary alicyclic amines) is 1. The van der Waals surface area contributed by atoms with Gasteiger partial charge in [0.05, 0.1) is 6.54 Å². The molecule has 1 aromatic carbocycles. The van der Waals surface area contributed by atoms with Crippen LogP contribution >= 0.6 is 0 Å². The molecule has 1 amide bonds. The normalized spacial score (nSPS) is 17.7. The fourth-order valence-electron chi connectivity index (χ4n) is 3.92. The van der Waals surface area contributed by atoms with Crippen LogP contribution in [0.2, 0.25) is 0 Å². The zero-order valence-electron chi connectivity index (χ0n) is 15.9.